The number of nitrogens with zero attached hydrogens (tertiary/aromatic N) is 1. The number of hydrogen-bond acceptors (Lipinski definition) is 3. The standard InChI is InChI=1S/C20H25N3O/c21-17-9-3-2-8-16(17)12-13-20(24)22-18-10-4-5-11-19(18)23-14-6-1-7-15-23/h2-5,8-11H,1,6-7,12-15,21H2,(H,22,24). The van der Waals surface area contributed by atoms with Gasteiger partial charge in [0, 0.05) is 25.2 Å². The van der Waals surface area contributed by atoms with Crippen molar-refractivity contribution in [3.05, 3.63) is 54.1 Å². The summed E-state index contributed by atoms with van der Waals surface area (Å²) in [7, 11) is 0. The molecule has 1 amide bonds. The smallest absolute Gasteiger partial charge is 0.224 e. The van der Waals surface area contributed by atoms with Gasteiger partial charge < -0.3 is 16.0 Å². The van der Waals surface area contributed by atoms with Crippen LogP contribution in [0, 0.1) is 0 Å². The second-order valence-electron chi connectivity index (χ2n) is 6.31. The molecule has 24 heavy (non-hydrogen) atoms. The first-order valence-corrected chi connectivity index (χ1v) is 8.71. The fraction of sp³-hybridized carbons (Fsp3) is 0.350. The Hall–Kier alpha value is -2.49. The lowest BCUT2D eigenvalue weighted by atomic mass is 10.1. The third-order valence-corrected chi connectivity index (χ3v) is 4.55. The molecule has 1 aliphatic heterocycles. The van der Waals surface area contributed by atoms with Crippen LogP contribution in [0.4, 0.5) is 17.1 Å². The van der Waals surface area contributed by atoms with Gasteiger partial charge in [0.05, 0.1) is 11.4 Å². The number of nitrogen functional groups attached to an aromatic ring is 1. The van der Waals surface area contributed by atoms with Gasteiger partial charge in [-0.3, -0.25) is 4.79 Å². The lowest BCUT2D eigenvalue weighted by molar-refractivity contribution is -0.116. The molecule has 0 radical (unpaired) electrons. The molecule has 0 bridgehead atoms. The number of piperidine rings is 1. The Morgan fingerprint density at radius 3 is 2.50 bits per heavy atom. The topological polar surface area (TPSA) is 58.4 Å². The van der Waals surface area contributed by atoms with Crippen molar-refractivity contribution in [1.82, 2.24) is 0 Å². The van der Waals surface area contributed by atoms with Crippen molar-refractivity contribution in [3.8, 4) is 0 Å². The zero-order chi connectivity index (χ0) is 16.8. The van der Waals surface area contributed by atoms with Crippen LogP contribution in [0.15, 0.2) is 48.5 Å². The molecule has 0 aliphatic carbocycles. The molecule has 3 N–H and O–H groups in total. The number of carbonyl (C=O) groups excluding carboxylic acids is 1. The lowest BCUT2D eigenvalue weighted by Gasteiger charge is -2.30. The van der Waals surface area contributed by atoms with Crippen molar-refractivity contribution in [2.45, 2.75) is 32.1 Å². The van der Waals surface area contributed by atoms with Gasteiger partial charge in [-0.05, 0) is 49.4 Å². The number of nitrogens with two attached hydrogens (primary N) is 1. The van der Waals surface area contributed by atoms with E-state index in [1.165, 1.54) is 19.3 Å². The molecule has 1 aliphatic rings. The monoisotopic (exact) mass is 323 g/mol. The van der Waals surface area contributed by atoms with Crippen LogP contribution < -0.4 is 16.0 Å². The highest BCUT2D eigenvalue weighted by molar-refractivity contribution is 5.94. The van der Waals surface area contributed by atoms with E-state index < -0.39 is 0 Å². The number of carbonyl (C=O) groups is 1. The molecule has 4 nitrogen and oxygen atoms in total. The summed E-state index contributed by atoms with van der Waals surface area (Å²) in [5, 5.41) is 3.08. The van der Waals surface area contributed by atoms with E-state index in [-0.39, 0.29) is 5.91 Å². The molecule has 126 valence electrons. The number of anilines is 3. The van der Waals surface area contributed by atoms with Crippen LogP contribution in [0.25, 0.3) is 0 Å². The molecule has 1 fully saturated rings. The highest BCUT2D eigenvalue weighted by Gasteiger charge is 2.15. The third-order valence-electron chi connectivity index (χ3n) is 4.55. The Bertz CT molecular complexity index is 693. The molecule has 1 heterocycles. The van der Waals surface area contributed by atoms with E-state index in [2.05, 4.69) is 16.3 Å². The van der Waals surface area contributed by atoms with E-state index in [1.807, 2.05) is 42.5 Å². The summed E-state index contributed by atoms with van der Waals surface area (Å²) in [6.45, 7) is 2.13. The summed E-state index contributed by atoms with van der Waals surface area (Å²) < 4.78 is 0. The average molecular weight is 323 g/mol. The van der Waals surface area contributed by atoms with E-state index in [9.17, 15) is 4.79 Å². The predicted molar refractivity (Wildman–Crippen MR) is 100 cm³/mol. The first-order valence-electron chi connectivity index (χ1n) is 8.71. The minimum Gasteiger partial charge on any atom is -0.399 e. The van der Waals surface area contributed by atoms with Gasteiger partial charge in [0.1, 0.15) is 0 Å². The maximum atomic E-state index is 12.4. The molecule has 3 rings (SSSR count). The summed E-state index contributed by atoms with van der Waals surface area (Å²) in [5.41, 5.74) is 9.75. The quantitative estimate of drug-likeness (QED) is 0.822. The number of hydrogen-bond donors (Lipinski definition) is 2. The van der Waals surface area contributed by atoms with Gasteiger partial charge in [-0.2, -0.15) is 0 Å². The number of para-hydroxylation sites is 3. The summed E-state index contributed by atoms with van der Waals surface area (Å²) in [6.07, 6.45) is 4.82. The average Bonchev–Trinajstić information content (AvgIpc) is 2.62. The van der Waals surface area contributed by atoms with Crippen molar-refractivity contribution in [2.24, 2.45) is 0 Å². The first kappa shape index (κ1) is 16.4. The maximum absolute atomic E-state index is 12.4. The van der Waals surface area contributed by atoms with E-state index in [0.717, 1.165) is 35.7 Å². The molecule has 0 spiro atoms. The minimum atomic E-state index is 0.0303. The van der Waals surface area contributed by atoms with Gasteiger partial charge in [0.2, 0.25) is 5.91 Å². The lowest BCUT2D eigenvalue weighted by Crippen LogP contribution is -2.30. The van der Waals surface area contributed by atoms with Crippen LogP contribution in [0.3, 0.4) is 0 Å². The molecule has 2 aromatic carbocycles. The van der Waals surface area contributed by atoms with E-state index in [1.54, 1.807) is 0 Å². The van der Waals surface area contributed by atoms with Gasteiger partial charge >= 0.3 is 0 Å². The molecule has 1 saturated heterocycles. The van der Waals surface area contributed by atoms with Gasteiger partial charge in [-0.1, -0.05) is 30.3 Å². The first-order chi connectivity index (χ1) is 11.7. The van der Waals surface area contributed by atoms with Gasteiger partial charge in [-0.15, -0.1) is 0 Å². The molecule has 0 aromatic heterocycles. The van der Waals surface area contributed by atoms with Crippen molar-refractivity contribution < 1.29 is 4.79 Å². The Labute approximate surface area is 143 Å². The molecule has 0 atom stereocenters. The Morgan fingerprint density at radius 2 is 1.71 bits per heavy atom. The fourth-order valence-electron chi connectivity index (χ4n) is 3.21. The third kappa shape index (κ3) is 4.07. The van der Waals surface area contributed by atoms with Gasteiger partial charge in [-0.25, -0.2) is 0 Å². The van der Waals surface area contributed by atoms with Crippen LogP contribution in [0.5, 0.6) is 0 Å². The molecule has 2 aromatic rings. The molecule has 4 heteroatoms. The van der Waals surface area contributed by atoms with Gasteiger partial charge in [0.15, 0.2) is 0 Å². The van der Waals surface area contributed by atoms with Crippen LogP contribution in [0.1, 0.15) is 31.2 Å². The minimum absolute atomic E-state index is 0.0303. The van der Waals surface area contributed by atoms with Crippen molar-refractivity contribution in [3.63, 3.8) is 0 Å². The highest BCUT2D eigenvalue weighted by Crippen LogP contribution is 2.28. The summed E-state index contributed by atoms with van der Waals surface area (Å²) >= 11 is 0. The van der Waals surface area contributed by atoms with E-state index >= 15 is 0 Å². The summed E-state index contributed by atoms with van der Waals surface area (Å²) in [4.78, 5) is 14.7. The van der Waals surface area contributed by atoms with Crippen LogP contribution in [-0.2, 0) is 11.2 Å². The summed E-state index contributed by atoms with van der Waals surface area (Å²) in [6, 6.07) is 15.8. The Balaban J connectivity index is 1.63. The van der Waals surface area contributed by atoms with Crippen molar-refractivity contribution >= 4 is 23.0 Å². The van der Waals surface area contributed by atoms with Crippen molar-refractivity contribution in [1.29, 1.82) is 0 Å². The predicted octanol–water partition coefficient (Wildman–Crippen LogP) is 3.83. The molecule has 0 saturated carbocycles. The second kappa shape index (κ2) is 7.86. The second-order valence-corrected chi connectivity index (χ2v) is 6.31. The molecular weight excluding hydrogens is 298 g/mol. The SMILES string of the molecule is Nc1ccccc1CCC(=O)Nc1ccccc1N1CCCCC1. The largest absolute Gasteiger partial charge is 0.399 e. The van der Waals surface area contributed by atoms with E-state index in [4.69, 9.17) is 5.73 Å². The molecule has 0 unspecified atom stereocenters. The van der Waals surface area contributed by atoms with E-state index in [0.29, 0.717) is 12.8 Å². The Kier molecular flexibility index (Phi) is 5.36. The normalized spacial score (nSPS) is 14.4. The highest BCUT2D eigenvalue weighted by atomic mass is 16.1. The number of benzene rings is 2. The zero-order valence-electron chi connectivity index (χ0n) is 14.0. The number of nitrogens with one attached hydrogen (secondary N) is 1. The summed E-state index contributed by atoms with van der Waals surface area (Å²) in [5.74, 6) is 0.0303. The van der Waals surface area contributed by atoms with Crippen molar-refractivity contribution in [2.75, 3.05) is 29.0 Å². The number of rotatable bonds is 5. The number of aryl methyl sites for hydroxylation is 1. The van der Waals surface area contributed by atoms with Crippen LogP contribution in [-0.4, -0.2) is 19.0 Å². The van der Waals surface area contributed by atoms with Gasteiger partial charge in [0.25, 0.3) is 0 Å². The number of amides is 1. The van der Waals surface area contributed by atoms with Crippen LogP contribution >= 0.6 is 0 Å². The Morgan fingerprint density at radius 1 is 1.00 bits per heavy atom. The van der Waals surface area contributed by atoms with Crippen LogP contribution in [0.2, 0.25) is 0 Å². The maximum Gasteiger partial charge on any atom is 0.224 e. The fourth-order valence-corrected chi connectivity index (χ4v) is 3.21. The molecular formula is C20H25N3O. The zero-order valence-corrected chi connectivity index (χ0v) is 14.0.